The van der Waals surface area contributed by atoms with E-state index in [0.29, 0.717) is 6.04 Å². The first-order chi connectivity index (χ1) is 8.66. The molecule has 0 bridgehead atoms. The number of aromatic nitrogens is 2. The molecule has 1 aliphatic heterocycles. The van der Waals surface area contributed by atoms with Gasteiger partial charge in [0.15, 0.2) is 0 Å². The van der Waals surface area contributed by atoms with Crippen LogP contribution in [0.1, 0.15) is 42.3 Å². The second kappa shape index (κ2) is 4.39. The molecule has 0 radical (unpaired) electrons. The van der Waals surface area contributed by atoms with Gasteiger partial charge >= 0.3 is 0 Å². The molecule has 3 heteroatoms. The Hall–Kier alpha value is -1.35. The third-order valence-corrected chi connectivity index (χ3v) is 3.96. The fraction of sp³-hybridized carbons (Fsp3) is 0.533. The maximum absolute atomic E-state index is 4.86. The van der Waals surface area contributed by atoms with Gasteiger partial charge < -0.3 is 9.88 Å². The zero-order valence-electron chi connectivity index (χ0n) is 11.5. The number of hydrogen-bond donors (Lipinski definition) is 1. The van der Waals surface area contributed by atoms with Crippen molar-refractivity contribution in [1.82, 2.24) is 14.9 Å². The summed E-state index contributed by atoms with van der Waals surface area (Å²) >= 11 is 0. The van der Waals surface area contributed by atoms with Gasteiger partial charge in [0.05, 0.1) is 17.1 Å². The molecule has 18 heavy (non-hydrogen) atoms. The van der Waals surface area contributed by atoms with Crippen LogP contribution in [-0.2, 0) is 7.05 Å². The van der Waals surface area contributed by atoms with E-state index in [0.717, 1.165) is 12.1 Å². The molecule has 1 aromatic carbocycles. The third kappa shape index (κ3) is 1.83. The van der Waals surface area contributed by atoms with Crippen LogP contribution in [0.3, 0.4) is 0 Å². The van der Waals surface area contributed by atoms with Crippen molar-refractivity contribution in [2.45, 2.75) is 39.2 Å². The molecule has 3 nitrogen and oxygen atoms in total. The summed E-state index contributed by atoms with van der Waals surface area (Å²) in [5.74, 6) is 1.19. The largest absolute Gasteiger partial charge is 0.330 e. The van der Waals surface area contributed by atoms with E-state index in [1.807, 2.05) is 0 Å². The van der Waals surface area contributed by atoms with Gasteiger partial charge in [-0.05, 0) is 50.4 Å². The minimum absolute atomic E-state index is 0.427. The first-order valence-electron chi connectivity index (χ1n) is 6.84. The maximum Gasteiger partial charge on any atom is 0.126 e. The van der Waals surface area contributed by atoms with E-state index in [-0.39, 0.29) is 0 Å². The summed E-state index contributed by atoms with van der Waals surface area (Å²) in [7, 11) is 2.14. The number of fused-ring (bicyclic) bond motifs is 1. The van der Waals surface area contributed by atoms with Gasteiger partial charge in [0.2, 0.25) is 0 Å². The van der Waals surface area contributed by atoms with Crippen molar-refractivity contribution < 1.29 is 0 Å². The van der Waals surface area contributed by atoms with Gasteiger partial charge in [-0.25, -0.2) is 4.98 Å². The topological polar surface area (TPSA) is 29.9 Å². The average Bonchev–Trinajstić information content (AvgIpc) is 2.67. The first kappa shape index (κ1) is 11.7. The Kier molecular flexibility index (Phi) is 2.86. The van der Waals surface area contributed by atoms with Crippen LogP contribution in [0.15, 0.2) is 12.1 Å². The summed E-state index contributed by atoms with van der Waals surface area (Å²) in [6.45, 7) is 5.43. The van der Waals surface area contributed by atoms with Gasteiger partial charge in [0.25, 0.3) is 0 Å². The molecule has 1 aromatic heterocycles. The normalized spacial score (nSPS) is 20.5. The summed E-state index contributed by atoms with van der Waals surface area (Å²) in [4.78, 5) is 4.86. The van der Waals surface area contributed by atoms with E-state index >= 15 is 0 Å². The minimum Gasteiger partial charge on any atom is -0.330 e. The van der Waals surface area contributed by atoms with Crippen molar-refractivity contribution in [1.29, 1.82) is 0 Å². The summed E-state index contributed by atoms with van der Waals surface area (Å²) in [6, 6.07) is 4.85. The molecular weight excluding hydrogens is 222 g/mol. The highest BCUT2D eigenvalue weighted by molar-refractivity contribution is 5.80. The SMILES string of the molecule is Cc1cc(C)c2c(c1)nc(C1CCCCN1)n2C. The molecule has 0 amide bonds. The smallest absolute Gasteiger partial charge is 0.126 e. The van der Waals surface area contributed by atoms with Crippen molar-refractivity contribution in [3.63, 3.8) is 0 Å². The van der Waals surface area contributed by atoms with Crippen LogP contribution in [0.25, 0.3) is 11.0 Å². The molecule has 1 N–H and O–H groups in total. The Morgan fingerprint density at radius 2 is 2.11 bits per heavy atom. The van der Waals surface area contributed by atoms with Crippen molar-refractivity contribution in [2.75, 3.05) is 6.54 Å². The van der Waals surface area contributed by atoms with Gasteiger partial charge in [-0.3, -0.25) is 0 Å². The number of piperidine rings is 1. The molecule has 1 atom stereocenters. The maximum atomic E-state index is 4.86. The molecule has 1 aliphatic rings. The molecule has 3 rings (SSSR count). The number of rotatable bonds is 1. The fourth-order valence-corrected chi connectivity index (χ4v) is 3.16. The molecule has 96 valence electrons. The van der Waals surface area contributed by atoms with Crippen molar-refractivity contribution in [2.24, 2.45) is 7.05 Å². The molecule has 2 aromatic rings. The highest BCUT2D eigenvalue weighted by Gasteiger charge is 2.21. The Morgan fingerprint density at radius 1 is 1.28 bits per heavy atom. The van der Waals surface area contributed by atoms with E-state index in [4.69, 9.17) is 4.98 Å². The summed E-state index contributed by atoms with van der Waals surface area (Å²) in [6.07, 6.45) is 3.80. The first-order valence-corrected chi connectivity index (χ1v) is 6.84. The summed E-state index contributed by atoms with van der Waals surface area (Å²) in [5, 5.41) is 3.59. The Morgan fingerprint density at radius 3 is 2.83 bits per heavy atom. The van der Waals surface area contributed by atoms with E-state index in [2.05, 4.69) is 42.9 Å². The zero-order valence-corrected chi connectivity index (χ0v) is 11.5. The lowest BCUT2D eigenvalue weighted by Crippen LogP contribution is -2.28. The number of nitrogens with one attached hydrogen (secondary N) is 1. The second-order valence-electron chi connectivity index (χ2n) is 5.48. The van der Waals surface area contributed by atoms with Crippen LogP contribution in [0.4, 0.5) is 0 Å². The quantitative estimate of drug-likeness (QED) is 0.834. The minimum atomic E-state index is 0.427. The highest BCUT2D eigenvalue weighted by Crippen LogP contribution is 2.27. The molecule has 1 saturated heterocycles. The van der Waals surface area contributed by atoms with E-state index in [1.54, 1.807) is 0 Å². The second-order valence-corrected chi connectivity index (χ2v) is 5.48. The number of imidazole rings is 1. The van der Waals surface area contributed by atoms with Crippen molar-refractivity contribution in [3.05, 3.63) is 29.1 Å². The summed E-state index contributed by atoms with van der Waals surface area (Å²) in [5.41, 5.74) is 5.03. The van der Waals surface area contributed by atoms with E-state index in [9.17, 15) is 0 Å². The molecule has 0 aliphatic carbocycles. The van der Waals surface area contributed by atoms with Gasteiger partial charge in [0.1, 0.15) is 5.82 Å². The van der Waals surface area contributed by atoms with Crippen molar-refractivity contribution >= 4 is 11.0 Å². The molecule has 1 unspecified atom stereocenters. The van der Waals surface area contributed by atoms with Gasteiger partial charge in [-0.1, -0.05) is 12.5 Å². The van der Waals surface area contributed by atoms with Gasteiger partial charge in [-0.15, -0.1) is 0 Å². The molecular formula is C15H21N3. The predicted octanol–water partition coefficient (Wildman–Crippen LogP) is 3.00. The molecule has 0 saturated carbocycles. The molecule has 2 heterocycles. The fourth-order valence-electron chi connectivity index (χ4n) is 3.16. The average molecular weight is 243 g/mol. The number of hydrogen-bond acceptors (Lipinski definition) is 2. The van der Waals surface area contributed by atoms with Crippen LogP contribution in [-0.4, -0.2) is 16.1 Å². The number of benzene rings is 1. The highest BCUT2D eigenvalue weighted by atomic mass is 15.1. The van der Waals surface area contributed by atoms with E-state index in [1.165, 1.54) is 41.7 Å². The van der Waals surface area contributed by atoms with Crippen LogP contribution in [0.5, 0.6) is 0 Å². The van der Waals surface area contributed by atoms with Crippen LogP contribution >= 0.6 is 0 Å². The standard InChI is InChI=1S/C15H21N3/c1-10-8-11(2)14-13(9-10)17-15(18(14)3)12-6-4-5-7-16-12/h8-9,12,16H,4-7H2,1-3H3. The predicted molar refractivity (Wildman–Crippen MR) is 74.8 cm³/mol. The summed E-state index contributed by atoms with van der Waals surface area (Å²) < 4.78 is 2.27. The van der Waals surface area contributed by atoms with Gasteiger partial charge in [0, 0.05) is 7.05 Å². The lowest BCUT2D eigenvalue weighted by atomic mass is 10.0. The lowest BCUT2D eigenvalue weighted by molar-refractivity contribution is 0.392. The lowest BCUT2D eigenvalue weighted by Gasteiger charge is -2.22. The zero-order chi connectivity index (χ0) is 12.7. The monoisotopic (exact) mass is 243 g/mol. The van der Waals surface area contributed by atoms with Gasteiger partial charge in [-0.2, -0.15) is 0 Å². The number of aryl methyl sites for hydroxylation is 3. The van der Waals surface area contributed by atoms with Crippen molar-refractivity contribution in [3.8, 4) is 0 Å². The third-order valence-electron chi connectivity index (χ3n) is 3.96. The van der Waals surface area contributed by atoms with Crippen LogP contribution < -0.4 is 5.32 Å². The van der Waals surface area contributed by atoms with E-state index < -0.39 is 0 Å². The van der Waals surface area contributed by atoms with Crippen LogP contribution in [0, 0.1) is 13.8 Å². The Labute approximate surface area is 108 Å². The Bertz CT molecular complexity index is 577. The molecule has 0 spiro atoms. The molecule has 1 fully saturated rings. The van der Waals surface area contributed by atoms with Crippen LogP contribution in [0.2, 0.25) is 0 Å². The Balaban J connectivity index is 2.13. The number of nitrogens with zero attached hydrogens (tertiary/aromatic N) is 2.